The monoisotopic (exact) mass is 1010 g/mol. The number of halogens is 9. The van der Waals surface area contributed by atoms with Crippen LogP contribution in [0.25, 0.3) is 22.8 Å². The predicted molar refractivity (Wildman–Crippen MR) is 231 cm³/mol. The van der Waals surface area contributed by atoms with Crippen LogP contribution in [0.2, 0.25) is 0 Å². The molecular weight excluding hydrogens is 968 g/mol. The Labute approximate surface area is 401 Å². The molecule has 4 bridgehead atoms. The van der Waals surface area contributed by atoms with E-state index in [1.807, 2.05) is 13.8 Å². The maximum absolute atomic E-state index is 15.7. The summed E-state index contributed by atoms with van der Waals surface area (Å²) in [6, 6.07) is 2.28. The minimum Gasteiger partial charge on any atom is -0.423 e. The molecule has 2 aliphatic carbocycles. The van der Waals surface area contributed by atoms with Gasteiger partial charge in [-0.3, -0.25) is 0 Å². The Morgan fingerprint density at radius 3 is 2.08 bits per heavy atom. The van der Waals surface area contributed by atoms with Crippen LogP contribution in [0.1, 0.15) is 80.4 Å². The van der Waals surface area contributed by atoms with E-state index in [0.717, 1.165) is 18.3 Å². The van der Waals surface area contributed by atoms with Crippen molar-refractivity contribution < 1.29 is 53.5 Å². The molecule has 6 aromatic rings. The zero-order valence-corrected chi connectivity index (χ0v) is 38.0. The lowest BCUT2D eigenvalue weighted by atomic mass is 9.58. The normalized spacial score (nSPS) is 24.5. The van der Waals surface area contributed by atoms with Crippen molar-refractivity contribution in [2.75, 3.05) is 10.6 Å². The number of nitrogens with one attached hydrogen (secondary N) is 2. The molecule has 2 saturated heterocycles. The van der Waals surface area contributed by atoms with E-state index in [9.17, 15) is 45.6 Å². The van der Waals surface area contributed by atoms with Crippen molar-refractivity contribution in [3.05, 3.63) is 107 Å². The first kappa shape index (κ1) is 47.9. The number of benzene rings is 2. The zero-order chi connectivity index (χ0) is 51.2. The van der Waals surface area contributed by atoms with Gasteiger partial charge in [-0.15, -0.1) is 20.4 Å². The summed E-state index contributed by atoms with van der Waals surface area (Å²) in [4.78, 5) is 46.8. The van der Waals surface area contributed by atoms with Crippen LogP contribution in [-0.4, -0.2) is 84.4 Å². The van der Waals surface area contributed by atoms with Gasteiger partial charge in [0.25, 0.3) is 0 Å². The molecule has 7 atom stereocenters. The summed E-state index contributed by atoms with van der Waals surface area (Å²) < 4.78 is 138. The number of hydrogen-bond donors (Lipinski definition) is 2. The second kappa shape index (κ2) is 17.3. The molecule has 26 heteroatoms. The number of aromatic nitrogens is 9. The predicted octanol–water partition coefficient (Wildman–Crippen LogP) is 9.09. The smallest absolute Gasteiger partial charge is 0.417 e. The number of fused-ring (bicyclic) bond motifs is 4. The van der Waals surface area contributed by atoms with Gasteiger partial charge in [0.2, 0.25) is 11.8 Å². The van der Waals surface area contributed by atoms with Gasteiger partial charge in [-0.05, 0) is 73.8 Å². The number of aryl methyl sites for hydroxylation is 1. The molecule has 4 aromatic heterocycles. The van der Waals surface area contributed by atoms with E-state index < -0.39 is 104 Å². The lowest BCUT2D eigenvalue weighted by Crippen LogP contribution is -2.74. The van der Waals surface area contributed by atoms with Crippen LogP contribution in [0.3, 0.4) is 0 Å². The molecule has 2 N–H and O–H groups in total. The van der Waals surface area contributed by atoms with Crippen molar-refractivity contribution in [2.45, 2.75) is 101 Å². The van der Waals surface area contributed by atoms with Crippen LogP contribution < -0.4 is 10.6 Å². The van der Waals surface area contributed by atoms with E-state index in [-0.39, 0.29) is 72.8 Å². The van der Waals surface area contributed by atoms with E-state index in [4.69, 9.17) is 4.42 Å². The highest BCUT2D eigenvalue weighted by Gasteiger charge is 2.66. The summed E-state index contributed by atoms with van der Waals surface area (Å²) in [7, 11) is 0. The number of hydrogen-bond acceptors (Lipinski definition) is 12. The Kier molecular flexibility index (Phi) is 11.5. The van der Waals surface area contributed by atoms with Gasteiger partial charge < -0.3 is 29.4 Å². The maximum atomic E-state index is 15.7. The Hall–Kier alpha value is -7.72. The summed E-state index contributed by atoms with van der Waals surface area (Å²) in [6.45, 7) is 5.70. The fourth-order valence-corrected chi connectivity index (χ4v) is 11.5. The molecule has 374 valence electrons. The molecule has 0 radical (unpaired) electrons. The zero-order valence-electron chi connectivity index (χ0n) is 38.0. The number of rotatable bonds is 9. The van der Waals surface area contributed by atoms with E-state index >= 15 is 8.78 Å². The first-order valence-electron chi connectivity index (χ1n) is 22.5. The number of carbonyl (C=O) groups excluding carboxylic acids is 2. The summed E-state index contributed by atoms with van der Waals surface area (Å²) in [5.41, 5.74) is -7.77. The highest BCUT2D eigenvalue weighted by atomic mass is 19.4. The molecule has 2 aliphatic heterocycles. The van der Waals surface area contributed by atoms with Gasteiger partial charge in [0.15, 0.2) is 17.5 Å². The first-order chi connectivity index (χ1) is 34.1. The van der Waals surface area contributed by atoms with Gasteiger partial charge in [0, 0.05) is 55.7 Å². The van der Waals surface area contributed by atoms with Gasteiger partial charge in [-0.2, -0.15) is 31.6 Å². The van der Waals surface area contributed by atoms with Crippen molar-refractivity contribution in [1.82, 2.24) is 54.7 Å². The quantitative estimate of drug-likeness (QED) is 0.130. The molecule has 4 aliphatic rings. The largest absolute Gasteiger partial charge is 0.423 e. The highest BCUT2D eigenvalue weighted by molar-refractivity contribution is 5.93. The van der Waals surface area contributed by atoms with E-state index in [1.165, 1.54) is 17.3 Å². The number of piperidine rings is 2. The first-order valence-corrected chi connectivity index (χ1v) is 22.5. The fourth-order valence-electron chi connectivity index (χ4n) is 11.5. The number of carbonyl (C=O) groups is 2. The molecule has 2 aromatic carbocycles. The van der Waals surface area contributed by atoms with Crippen molar-refractivity contribution in [3.8, 4) is 28.8 Å². The van der Waals surface area contributed by atoms with Crippen LogP contribution >= 0.6 is 0 Å². The van der Waals surface area contributed by atoms with Crippen LogP contribution in [0.4, 0.5) is 60.5 Å². The molecule has 4 amide bonds. The molecule has 6 heterocycles. The lowest BCUT2D eigenvalue weighted by molar-refractivity contribution is -0.144. The average molecular weight is 1010 g/mol. The number of likely N-dealkylation sites (tertiary alicyclic amines) is 2. The molecule has 17 nitrogen and oxygen atoms in total. The third-order valence-corrected chi connectivity index (χ3v) is 14.2. The van der Waals surface area contributed by atoms with Crippen molar-refractivity contribution in [2.24, 2.45) is 17.8 Å². The van der Waals surface area contributed by atoms with Crippen molar-refractivity contribution in [3.63, 3.8) is 0 Å². The average Bonchev–Trinajstić information content (AvgIpc) is 3.95. The van der Waals surface area contributed by atoms with Crippen LogP contribution in [-0.2, 0) is 30.9 Å². The third kappa shape index (κ3) is 8.26. The van der Waals surface area contributed by atoms with Gasteiger partial charge >= 0.3 is 24.4 Å². The maximum Gasteiger partial charge on any atom is 0.417 e. The molecule has 2 saturated carbocycles. The number of alkyl halides is 6. The van der Waals surface area contributed by atoms with E-state index in [1.54, 1.807) is 22.5 Å². The lowest BCUT2D eigenvalue weighted by Gasteiger charge is -2.64. The third-order valence-electron chi connectivity index (χ3n) is 14.2. The van der Waals surface area contributed by atoms with Crippen molar-refractivity contribution in [1.29, 1.82) is 5.26 Å². The Balaban J connectivity index is 0.920. The molecule has 10 rings (SSSR count). The minimum absolute atomic E-state index is 0.106. The molecule has 4 unspecified atom stereocenters. The second-order valence-electron chi connectivity index (χ2n) is 18.9. The Bertz CT molecular complexity index is 3180. The molecule has 4 fully saturated rings. The van der Waals surface area contributed by atoms with Crippen LogP contribution in [0.5, 0.6) is 0 Å². The summed E-state index contributed by atoms with van der Waals surface area (Å²) in [5.74, 6) is -4.40. The van der Waals surface area contributed by atoms with Crippen LogP contribution in [0.15, 0.2) is 59.7 Å². The Morgan fingerprint density at radius 2 is 1.47 bits per heavy atom. The van der Waals surface area contributed by atoms with E-state index in [2.05, 4.69) is 51.0 Å². The fraction of sp³-hybridized carbons (Fsp3) is 0.413. The standard InChI is InChI=1S/C46H39F9N14O3/c1-21-6-26-14-43(12-21,68(26)41(70)62-34-7-28(38-58-17-24(47)18-59-38)30(10-32(34)48)45(50,51)52)19-67-20-60-65-37(67)9-27-22(2)13-44(40-66-64-23(3)72-40)15-36(27)69(44)42(71)63-35-8-29(31(11-33(35)49)46(53,54)55)39-57-5-4-25(16-56)61-39/h4-5,7-8,10-11,17-18,20-22,26-27,36H,6,9,12-15,19H2,1-3H3,(H,62,70)(H,63,71)/t21-,22?,26+,27?,36?,43-,44?/m1/s1. The van der Waals surface area contributed by atoms with Crippen molar-refractivity contribution >= 4 is 23.4 Å². The van der Waals surface area contributed by atoms with Gasteiger partial charge in [-0.25, -0.2) is 42.7 Å². The summed E-state index contributed by atoms with van der Waals surface area (Å²) in [5, 5.41) is 31.1. The van der Waals surface area contributed by atoms with Gasteiger partial charge in [0.1, 0.15) is 41.1 Å². The molecule has 0 spiro atoms. The molecule has 72 heavy (non-hydrogen) atoms. The number of nitrogens with zero attached hydrogens (tertiary/aromatic N) is 12. The van der Waals surface area contributed by atoms with E-state index in [0.29, 0.717) is 43.9 Å². The molecular formula is C46H39F9N14O3. The topological polar surface area (TPSA) is 210 Å². The SMILES string of the molecule is Cc1nnc(C23CC(C)C(Cc4nncn4C[C@@]45C[C@H](C)C[C@@H](C4)N5C(=O)Nc4cc(-c5ncc(F)cn5)c(C(F)(F)F)cc4F)C(C2)N3C(=O)Nc2cc(-c3nccc(C#N)n3)c(C(F)(F)F)cc2F)o1. The minimum atomic E-state index is -5.08. The highest BCUT2D eigenvalue weighted by Crippen LogP contribution is 2.59. The number of urea groups is 2. The summed E-state index contributed by atoms with van der Waals surface area (Å²) in [6.07, 6.45) is -3.87. The number of anilines is 2. The number of nitriles is 1. The summed E-state index contributed by atoms with van der Waals surface area (Å²) >= 11 is 0. The Morgan fingerprint density at radius 1 is 0.833 bits per heavy atom. The van der Waals surface area contributed by atoms with Gasteiger partial charge in [-0.1, -0.05) is 13.8 Å². The van der Waals surface area contributed by atoms with Gasteiger partial charge in [0.05, 0.1) is 40.4 Å². The van der Waals surface area contributed by atoms with Crippen LogP contribution in [0, 0.1) is 53.5 Å². The second-order valence-corrected chi connectivity index (χ2v) is 18.9. The number of amides is 4.